The summed E-state index contributed by atoms with van der Waals surface area (Å²) >= 11 is 0. The van der Waals surface area contributed by atoms with E-state index in [0.717, 1.165) is 17.8 Å². The smallest absolute Gasteiger partial charge is 0.325 e. The van der Waals surface area contributed by atoms with E-state index in [0.29, 0.717) is 13.0 Å². The summed E-state index contributed by atoms with van der Waals surface area (Å²) in [7, 11) is 0. The fraction of sp³-hybridized carbons (Fsp3) is 0.733. The van der Waals surface area contributed by atoms with Gasteiger partial charge in [-0.1, -0.05) is 6.92 Å². The van der Waals surface area contributed by atoms with Gasteiger partial charge in [0, 0.05) is 5.69 Å². The number of ether oxygens (including phenoxy) is 1. The fourth-order valence-electron chi connectivity index (χ4n) is 2.72. The molecule has 0 aromatic carbocycles. The molecule has 1 rings (SSSR count). The Morgan fingerprint density at radius 1 is 1.45 bits per heavy atom. The molecular weight excluding hydrogens is 254 g/mol. The number of nitrogens with two attached hydrogens (primary N) is 1. The predicted molar refractivity (Wildman–Crippen MR) is 79.6 cm³/mol. The van der Waals surface area contributed by atoms with Crippen LogP contribution in [0.5, 0.6) is 0 Å². The first-order valence-corrected chi connectivity index (χ1v) is 7.25. The number of carbonyl (C=O) groups excluding carboxylic acids is 1. The van der Waals surface area contributed by atoms with Crippen LogP contribution in [0.4, 0.5) is 0 Å². The third kappa shape index (κ3) is 3.39. The second kappa shape index (κ2) is 6.39. The normalized spacial score (nSPS) is 15.8. The quantitative estimate of drug-likeness (QED) is 0.812. The number of carbonyl (C=O) groups is 1. The van der Waals surface area contributed by atoms with Crippen LogP contribution in [-0.4, -0.2) is 27.9 Å². The zero-order valence-corrected chi connectivity index (χ0v) is 13.5. The lowest BCUT2D eigenvalue weighted by Crippen LogP contribution is -2.47. The van der Waals surface area contributed by atoms with E-state index >= 15 is 0 Å². The van der Waals surface area contributed by atoms with Gasteiger partial charge in [-0.2, -0.15) is 5.10 Å². The zero-order valence-electron chi connectivity index (χ0n) is 13.5. The number of hydrogen-bond acceptors (Lipinski definition) is 4. The van der Waals surface area contributed by atoms with Crippen LogP contribution in [-0.2, 0) is 16.0 Å². The minimum Gasteiger partial charge on any atom is -0.465 e. The van der Waals surface area contributed by atoms with Gasteiger partial charge in [-0.3, -0.25) is 9.48 Å². The molecule has 20 heavy (non-hydrogen) atoms. The van der Waals surface area contributed by atoms with Crippen molar-refractivity contribution in [2.75, 3.05) is 6.61 Å². The maximum atomic E-state index is 11.9. The van der Waals surface area contributed by atoms with E-state index < -0.39 is 5.54 Å². The van der Waals surface area contributed by atoms with E-state index in [2.05, 4.69) is 18.9 Å². The molecule has 5 heteroatoms. The van der Waals surface area contributed by atoms with Crippen molar-refractivity contribution in [1.29, 1.82) is 0 Å². The minimum absolute atomic E-state index is 0.0495. The Morgan fingerprint density at radius 3 is 2.50 bits per heavy atom. The van der Waals surface area contributed by atoms with Gasteiger partial charge < -0.3 is 10.5 Å². The van der Waals surface area contributed by atoms with Crippen LogP contribution in [0.3, 0.4) is 0 Å². The molecule has 2 atom stereocenters. The van der Waals surface area contributed by atoms with Crippen molar-refractivity contribution < 1.29 is 9.53 Å². The molecule has 114 valence electrons. The molecule has 0 aliphatic heterocycles. The van der Waals surface area contributed by atoms with Crippen LogP contribution in [0.1, 0.15) is 57.1 Å². The molecule has 0 spiro atoms. The Morgan fingerprint density at radius 2 is 2.05 bits per heavy atom. The first-order chi connectivity index (χ1) is 9.24. The molecule has 1 aromatic rings. The van der Waals surface area contributed by atoms with Crippen LogP contribution in [0.25, 0.3) is 0 Å². The highest BCUT2D eigenvalue weighted by atomic mass is 16.5. The van der Waals surface area contributed by atoms with E-state index in [1.54, 1.807) is 13.8 Å². The Bertz CT molecular complexity index is 478. The molecule has 0 radical (unpaired) electrons. The molecule has 1 aromatic heterocycles. The molecule has 0 saturated heterocycles. The lowest BCUT2D eigenvalue weighted by atomic mass is 9.95. The molecule has 1 heterocycles. The number of esters is 1. The maximum absolute atomic E-state index is 11.9. The van der Waals surface area contributed by atoms with Gasteiger partial charge in [0.25, 0.3) is 0 Å². The van der Waals surface area contributed by atoms with E-state index in [9.17, 15) is 4.79 Å². The van der Waals surface area contributed by atoms with Gasteiger partial charge in [-0.15, -0.1) is 0 Å². The first kappa shape index (κ1) is 16.7. The molecule has 2 N–H and O–H groups in total. The van der Waals surface area contributed by atoms with Crippen LogP contribution in [0.15, 0.2) is 0 Å². The van der Waals surface area contributed by atoms with Crippen molar-refractivity contribution >= 4 is 5.97 Å². The monoisotopic (exact) mass is 281 g/mol. The van der Waals surface area contributed by atoms with Crippen molar-refractivity contribution in [2.24, 2.45) is 5.73 Å². The highest BCUT2D eigenvalue weighted by Gasteiger charge is 2.33. The maximum Gasteiger partial charge on any atom is 0.325 e. The summed E-state index contributed by atoms with van der Waals surface area (Å²) < 4.78 is 7.00. The van der Waals surface area contributed by atoms with Gasteiger partial charge in [0.1, 0.15) is 5.54 Å². The van der Waals surface area contributed by atoms with E-state index in [4.69, 9.17) is 10.5 Å². The number of nitrogens with zero attached hydrogens (tertiary/aromatic N) is 2. The fourth-order valence-corrected chi connectivity index (χ4v) is 2.72. The van der Waals surface area contributed by atoms with Crippen molar-refractivity contribution in [1.82, 2.24) is 9.78 Å². The van der Waals surface area contributed by atoms with Gasteiger partial charge in [-0.05, 0) is 53.0 Å². The molecule has 0 bridgehead atoms. The second-order valence-electron chi connectivity index (χ2n) is 5.64. The lowest BCUT2D eigenvalue weighted by Gasteiger charge is -2.26. The topological polar surface area (TPSA) is 70.1 Å². The standard InChI is InChI=1S/C15H27N3O2/c1-7-13-11(4)17-18(12(13)5)10(3)9-15(6,16)14(19)20-8-2/h10H,7-9,16H2,1-6H3. The Balaban J connectivity index is 2.91. The average Bonchev–Trinajstić information content (AvgIpc) is 2.64. The van der Waals surface area contributed by atoms with Crippen molar-refractivity contribution in [3.05, 3.63) is 17.0 Å². The van der Waals surface area contributed by atoms with Crippen molar-refractivity contribution in [3.63, 3.8) is 0 Å². The summed E-state index contributed by atoms with van der Waals surface area (Å²) in [4.78, 5) is 11.9. The summed E-state index contributed by atoms with van der Waals surface area (Å²) in [5, 5.41) is 4.58. The van der Waals surface area contributed by atoms with E-state index in [1.807, 2.05) is 18.5 Å². The third-order valence-electron chi connectivity index (χ3n) is 3.71. The molecule has 0 aliphatic carbocycles. The molecule has 0 aliphatic rings. The zero-order chi connectivity index (χ0) is 15.5. The number of aromatic nitrogens is 2. The van der Waals surface area contributed by atoms with E-state index in [-0.39, 0.29) is 12.0 Å². The van der Waals surface area contributed by atoms with Gasteiger partial charge >= 0.3 is 5.97 Å². The molecule has 0 fully saturated rings. The van der Waals surface area contributed by atoms with Crippen molar-refractivity contribution in [2.45, 2.75) is 66.0 Å². The van der Waals surface area contributed by atoms with Gasteiger partial charge in [-0.25, -0.2) is 0 Å². The highest BCUT2D eigenvalue weighted by Crippen LogP contribution is 2.24. The molecule has 2 unspecified atom stereocenters. The minimum atomic E-state index is -0.992. The van der Waals surface area contributed by atoms with Gasteiger partial charge in [0.15, 0.2) is 0 Å². The largest absolute Gasteiger partial charge is 0.465 e. The van der Waals surface area contributed by atoms with Gasteiger partial charge in [0.2, 0.25) is 0 Å². The Kier molecular flexibility index (Phi) is 5.34. The van der Waals surface area contributed by atoms with Crippen LogP contribution < -0.4 is 5.73 Å². The number of hydrogen-bond donors (Lipinski definition) is 1. The summed E-state index contributed by atoms with van der Waals surface area (Å²) in [5.41, 5.74) is 8.57. The molecule has 0 amide bonds. The Labute approximate surface area is 121 Å². The number of aryl methyl sites for hydroxylation is 1. The third-order valence-corrected chi connectivity index (χ3v) is 3.71. The first-order valence-electron chi connectivity index (χ1n) is 7.25. The summed E-state index contributed by atoms with van der Waals surface area (Å²) in [5.74, 6) is -0.357. The highest BCUT2D eigenvalue weighted by molar-refractivity contribution is 5.80. The Hall–Kier alpha value is -1.36. The summed E-state index contributed by atoms with van der Waals surface area (Å²) in [6.07, 6.45) is 1.46. The summed E-state index contributed by atoms with van der Waals surface area (Å²) in [6, 6.07) is 0.0495. The van der Waals surface area contributed by atoms with Crippen LogP contribution in [0.2, 0.25) is 0 Å². The molecular formula is C15H27N3O2. The van der Waals surface area contributed by atoms with Crippen LogP contribution in [0, 0.1) is 13.8 Å². The SMILES string of the molecule is CCOC(=O)C(C)(N)CC(C)n1nc(C)c(CC)c1C. The predicted octanol–water partition coefficient (Wildman–Crippen LogP) is 2.29. The number of rotatable bonds is 6. The van der Waals surface area contributed by atoms with Crippen molar-refractivity contribution in [3.8, 4) is 0 Å². The molecule has 5 nitrogen and oxygen atoms in total. The van der Waals surface area contributed by atoms with Crippen LogP contribution >= 0.6 is 0 Å². The summed E-state index contributed by atoms with van der Waals surface area (Å²) in [6.45, 7) is 12.1. The average molecular weight is 281 g/mol. The second-order valence-corrected chi connectivity index (χ2v) is 5.64. The lowest BCUT2D eigenvalue weighted by molar-refractivity contribution is -0.149. The van der Waals surface area contributed by atoms with E-state index in [1.165, 1.54) is 5.56 Å². The van der Waals surface area contributed by atoms with Gasteiger partial charge in [0.05, 0.1) is 18.3 Å². The molecule has 0 saturated carbocycles.